The highest BCUT2D eigenvalue weighted by Gasteiger charge is 2.43. The fourth-order valence-electron chi connectivity index (χ4n) is 1.54. The summed E-state index contributed by atoms with van der Waals surface area (Å²) in [5.41, 5.74) is 5.71. The van der Waals surface area contributed by atoms with Crippen LogP contribution >= 0.6 is 0 Å². The quantitative estimate of drug-likeness (QED) is 0.789. The van der Waals surface area contributed by atoms with Crippen molar-refractivity contribution in [2.75, 3.05) is 7.11 Å². The molecular formula is C10H11F2NO. The Balaban J connectivity index is 2.56. The summed E-state index contributed by atoms with van der Waals surface area (Å²) in [5, 5.41) is 0. The van der Waals surface area contributed by atoms with Gasteiger partial charge in [0.2, 0.25) is 0 Å². The number of rotatable bonds is 2. The summed E-state index contributed by atoms with van der Waals surface area (Å²) in [6.45, 7) is 0. The molecule has 0 unspecified atom stereocenters. The maximum Gasteiger partial charge on any atom is 0.168 e. The average molecular weight is 199 g/mol. The molecule has 0 spiro atoms. The molecular weight excluding hydrogens is 188 g/mol. The van der Waals surface area contributed by atoms with Crippen LogP contribution in [-0.2, 0) is 5.54 Å². The molecule has 0 aliphatic heterocycles. The smallest absolute Gasteiger partial charge is 0.168 e. The van der Waals surface area contributed by atoms with E-state index >= 15 is 0 Å². The number of halogens is 2. The molecule has 2 nitrogen and oxygen atoms in total. The summed E-state index contributed by atoms with van der Waals surface area (Å²) in [6, 6.07) is 2.04. The van der Waals surface area contributed by atoms with Gasteiger partial charge in [0, 0.05) is 17.2 Å². The molecule has 0 radical (unpaired) electrons. The molecule has 1 fully saturated rings. The highest BCUT2D eigenvalue weighted by Crippen LogP contribution is 2.47. The van der Waals surface area contributed by atoms with E-state index in [0.29, 0.717) is 5.56 Å². The van der Waals surface area contributed by atoms with E-state index < -0.39 is 17.2 Å². The summed E-state index contributed by atoms with van der Waals surface area (Å²) in [5.74, 6) is -1.25. The van der Waals surface area contributed by atoms with Crippen molar-refractivity contribution in [2.24, 2.45) is 5.73 Å². The third-order valence-corrected chi connectivity index (χ3v) is 2.54. The Kier molecular flexibility index (Phi) is 1.96. The average Bonchev–Trinajstić information content (AvgIpc) is 2.84. The second-order valence-corrected chi connectivity index (χ2v) is 3.62. The molecule has 14 heavy (non-hydrogen) atoms. The molecule has 1 aromatic rings. The normalized spacial score (nSPS) is 18.0. The Morgan fingerprint density at radius 2 is 2.00 bits per heavy atom. The lowest BCUT2D eigenvalue weighted by atomic mass is 10.0. The summed E-state index contributed by atoms with van der Waals surface area (Å²) in [7, 11) is 1.35. The summed E-state index contributed by atoms with van der Waals surface area (Å²) in [6.07, 6.45) is 1.48. The molecule has 1 saturated carbocycles. The number of hydrogen-bond acceptors (Lipinski definition) is 2. The molecule has 4 heteroatoms. The van der Waals surface area contributed by atoms with Crippen molar-refractivity contribution >= 4 is 0 Å². The van der Waals surface area contributed by atoms with E-state index in [-0.39, 0.29) is 5.75 Å². The summed E-state index contributed by atoms with van der Waals surface area (Å²) < 4.78 is 31.1. The zero-order valence-corrected chi connectivity index (χ0v) is 7.81. The molecule has 1 aromatic carbocycles. The van der Waals surface area contributed by atoms with Crippen molar-refractivity contribution < 1.29 is 13.5 Å². The van der Waals surface area contributed by atoms with E-state index in [9.17, 15) is 8.78 Å². The fraction of sp³-hybridized carbons (Fsp3) is 0.400. The second-order valence-electron chi connectivity index (χ2n) is 3.62. The number of methoxy groups -OCH3 is 1. The Morgan fingerprint density at radius 1 is 1.36 bits per heavy atom. The Hall–Kier alpha value is -1.16. The van der Waals surface area contributed by atoms with Crippen LogP contribution in [0, 0.1) is 11.6 Å². The van der Waals surface area contributed by atoms with Gasteiger partial charge in [-0.1, -0.05) is 0 Å². The van der Waals surface area contributed by atoms with Crippen molar-refractivity contribution in [2.45, 2.75) is 18.4 Å². The zero-order valence-electron chi connectivity index (χ0n) is 7.81. The minimum absolute atomic E-state index is 0.0615. The molecule has 0 saturated heterocycles. The third-order valence-electron chi connectivity index (χ3n) is 2.54. The number of benzene rings is 1. The van der Waals surface area contributed by atoms with Crippen LogP contribution in [0.2, 0.25) is 0 Å². The zero-order chi connectivity index (χ0) is 10.3. The van der Waals surface area contributed by atoms with E-state index in [4.69, 9.17) is 10.5 Å². The molecule has 0 amide bonds. The van der Waals surface area contributed by atoms with E-state index in [1.807, 2.05) is 0 Å². The third kappa shape index (κ3) is 1.35. The molecule has 2 N–H and O–H groups in total. The fourth-order valence-corrected chi connectivity index (χ4v) is 1.54. The predicted octanol–water partition coefficient (Wildman–Crippen LogP) is 1.92. The highest BCUT2D eigenvalue weighted by molar-refractivity contribution is 5.43. The van der Waals surface area contributed by atoms with E-state index in [2.05, 4.69) is 0 Å². The van der Waals surface area contributed by atoms with Crippen LogP contribution in [0.3, 0.4) is 0 Å². The maximum atomic E-state index is 13.2. The van der Waals surface area contributed by atoms with Crippen LogP contribution in [0.25, 0.3) is 0 Å². The number of hydrogen-bond donors (Lipinski definition) is 1. The molecule has 2 rings (SSSR count). The van der Waals surface area contributed by atoms with Crippen molar-refractivity contribution in [3.63, 3.8) is 0 Å². The molecule has 1 aliphatic rings. The van der Waals surface area contributed by atoms with Crippen LogP contribution in [-0.4, -0.2) is 7.11 Å². The van der Waals surface area contributed by atoms with Gasteiger partial charge in [0.1, 0.15) is 5.82 Å². The summed E-state index contributed by atoms with van der Waals surface area (Å²) >= 11 is 0. The Bertz CT molecular complexity index is 375. The largest absolute Gasteiger partial charge is 0.493 e. The van der Waals surface area contributed by atoms with Gasteiger partial charge in [-0.3, -0.25) is 0 Å². The van der Waals surface area contributed by atoms with Crippen LogP contribution in [0.1, 0.15) is 18.4 Å². The van der Waals surface area contributed by atoms with Crippen molar-refractivity contribution in [3.8, 4) is 5.75 Å². The molecule has 0 aromatic heterocycles. The minimum atomic E-state index is -0.695. The second kappa shape index (κ2) is 2.92. The number of nitrogens with two attached hydrogens (primary N) is 1. The first kappa shape index (κ1) is 9.40. The summed E-state index contributed by atoms with van der Waals surface area (Å²) in [4.78, 5) is 0. The van der Waals surface area contributed by atoms with Gasteiger partial charge in [-0.15, -0.1) is 0 Å². The first-order valence-corrected chi connectivity index (χ1v) is 4.39. The van der Waals surface area contributed by atoms with E-state index in [0.717, 1.165) is 18.9 Å². The van der Waals surface area contributed by atoms with Gasteiger partial charge in [0.25, 0.3) is 0 Å². The Labute approximate surface area is 80.7 Å². The molecule has 76 valence electrons. The van der Waals surface area contributed by atoms with Crippen LogP contribution in [0.5, 0.6) is 5.75 Å². The predicted molar refractivity (Wildman–Crippen MR) is 48.0 cm³/mol. The first-order valence-electron chi connectivity index (χ1n) is 4.39. The van der Waals surface area contributed by atoms with Crippen molar-refractivity contribution in [1.29, 1.82) is 0 Å². The van der Waals surface area contributed by atoms with Gasteiger partial charge in [0.15, 0.2) is 11.6 Å². The van der Waals surface area contributed by atoms with Gasteiger partial charge in [-0.2, -0.15) is 0 Å². The monoisotopic (exact) mass is 199 g/mol. The number of ether oxygens (including phenoxy) is 1. The first-order chi connectivity index (χ1) is 6.57. The lowest BCUT2D eigenvalue weighted by Gasteiger charge is -2.14. The van der Waals surface area contributed by atoms with Crippen LogP contribution < -0.4 is 10.5 Å². The molecule has 1 aliphatic carbocycles. The SMILES string of the molecule is COc1c(F)cc(F)cc1C1(N)CC1. The molecule has 0 atom stereocenters. The molecule has 0 heterocycles. The highest BCUT2D eigenvalue weighted by atomic mass is 19.1. The standard InChI is InChI=1S/C10H11F2NO/c1-14-9-7(10(13)2-3-10)4-6(11)5-8(9)12/h4-5H,2-3,13H2,1H3. The minimum Gasteiger partial charge on any atom is -0.493 e. The van der Waals surface area contributed by atoms with Crippen LogP contribution in [0.15, 0.2) is 12.1 Å². The van der Waals surface area contributed by atoms with Crippen molar-refractivity contribution in [1.82, 2.24) is 0 Å². The van der Waals surface area contributed by atoms with E-state index in [1.54, 1.807) is 0 Å². The van der Waals surface area contributed by atoms with Gasteiger partial charge in [-0.05, 0) is 18.9 Å². The van der Waals surface area contributed by atoms with Crippen LogP contribution in [0.4, 0.5) is 8.78 Å². The molecule has 0 bridgehead atoms. The van der Waals surface area contributed by atoms with Crippen molar-refractivity contribution in [3.05, 3.63) is 29.3 Å². The van der Waals surface area contributed by atoms with Gasteiger partial charge >= 0.3 is 0 Å². The Morgan fingerprint density at radius 3 is 2.50 bits per heavy atom. The van der Waals surface area contributed by atoms with Gasteiger partial charge < -0.3 is 10.5 Å². The lowest BCUT2D eigenvalue weighted by molar-refractivity contribution is 0.373. The van der Waals surface area contributed by atoms with Gasteiger partial charge in [-0.25, -0.2) is 8.78 Å². The van der Waals surface area contributed by atoms with Gasteiger partial charge in [0.05, 0.1) is 7.11 Å². The topological polar surface area (TPSA) is 35.2 Å². The van der Waals surface area contributed by atoms with E-state index in [1.165, 1.54) is 13.2 Å². The lowest BCUT2D eigenvalue weighted by Crippen LogP contribution is -2.20. The maximum absolute atomic E-state index is 13.2.